The molecule has 7 nitrogen and oxygen atoms in total. The minimum absolute atomic E-state index is 0.0447. The van der Waals surface area contributed by atoms with Crippen molar-refractivity contribution in [3.8, 4) is 5.75 Å². The third kappa shape index (κ3) is 4.37. The number of piperidine rings is 1. The Balaban J connectivity index is 1.05. The second-order valence-corrected chi connectivity index (χ2v) is 9.10. The molecule has 1 saturated heterocycles. The molecule has 5 aromatic rings. The molecule has 2 aromatic carbocycles. The van der Waals surface area contributed by atoms with E-state index in [4.69, 9.17) is 9.15 Å². The Morgan fingerprint density at radius 2 is 1.80 bits per heavy atom. The highest BCUT2D eigenvalue weighted by atomic mass is 16.5. The van der Waals surface area contributed by atoms with Crippen LogP contribution in [0.1, 0.15) is 46.3 Å². The average molecular weight is 467 g/mol. The summed E-state index contributed by atoms with van der Waals surface area (Å²) in [7, 11) is 0. The lowest BCUT2D eigenvalue weighted by Crippen LogP contribution is -2.37. The average Bonchev–Trinajstić information content (AvgIpc) is 3.51. The Morgan fingerprint density at radius 1 is 1.00 bits per heavy atom. The second-order valence-electron chi connectivity index (χ2n) is 9.10. The third-order valence-corrected chi connectivity index (χ3v) is 6.58. The summed E-state index contributed by atoms with van der Waals surface area (Å²) in [6, 6.07) is 19.2. The molecule has 1 fully saturated rings. The minimum atomic E-state index is 0.0447. The van der Waals surface area contributed by atoms with Gasteiger partial charge in [-0.2, -0.15) is 0 Å². The molecule has 7 heteroatoms. The van der Waals surface area contributed by atoms with Crippen molar-refractivity contribution in [2.45, 2.75) is 32.3 Å². The number of carbonyl (C=O) groups is 1. The molecule has 1 aliphatic heterocycles. The van der Waals surface area contributed by atoms with E-state index in [1.165, 1.54) is 5.56 Å². The van der Waals surface area contributed by atoms with Crippen LogP contribution >= 0.6 is 0 Å². The van der Waals surface area contributed by atoms with E-state index in [2.05, 4.69) is 16.9 Å². The summed E-state index contributed by atoms with van der Waals surface area (Å²) < 4.78 is 13.8. The molecule has 3 aromatic heterocycles. The zero-order chi connectivity index (χ0) is 23.8. The number of para-hydroxylation sites is 2. The van der Waals surface area contributed by atoms with E-state index in [1.807, 2.05) is 82.4 Å². The van der Waals surface area contributed by atoms with Gasteiger partial charge in [0.15, 0.2) is 11.5 Å². The van der Waals surface area contributed by atoms with Crippen LogP contribution in [0.4, 0.5) is 0 Å². The van der Waals surface area contributed by atoms with Crippen LogP contribution in [0.15, 0.2) is 77.5 Å². The molecular formula is C28H26N4O3. The fourth-order valence-corrected chi connectivity index (χ4v) is 4.65. The van der Waals surface area contributed by atoms with Gasteiger partial charge in [0.1, 0.15) is 23.5 Å². The summed E-state index contributed by atoms with van der Waals surface area (Å²) in [5, 5.41) is 0. The van der Waals surface area contributed by atoms with Crippen LogP contribution in [0, 0.1) is 6.92 Å². The molecule has 6 rings (SSSR count). The Bertz CT molecular complexity index is 1460. The van der Waals surface area contributed by atoms with Gasteiger partial charge in [0, 0.05) is 37.0 Å². The zero-order valence-electron chi connectivity index (χ0n) is 19.6. The van der Waals surface area contributed by atoms with Crippen molar-refractivity contribution in [1.82, 2.24) is 19.3 Å². The lowest BCUT2D eigenvalue weighted by atomic mass is 9.96. The second kappa shape index (κ2) is 8.91. The number of carbonyl (C=O) groups excluding carboxylic acids is 1. The number of hydrogen-bond acceptors (Lipinski definition) is 5. The van der Waals surface area contributed by atoms with Gasteiger partial charge in [0.25, 0.3) is 5.91 Å². The smallest absolute Gasteiger partial charge is 0.253 e. The number of pyridine rings is 1. The van der Waals surface area contributed by atoms with Gasteiger partial charge in [0.2, 0.25) is 0 Å². The molecule has 0 radical (unpaired) electrons. The van der Waals surface area contributed by atoms with Crippen LogP contribution in [0.5, 0.6) is 5.75 Å². The van der Waals surface area contributed by atoms with Gasteiger partial charge in [-0.3, -0.25) is 4.79 Å². The normalized spacial score (nSPS) is 14.6. The van der Waals surface area contributed by atoms with Crippen LogP contribution in [0.25, 0.3) is 16.7 Å². The Kier molecular flexibility index (Phi) is 5.45. The number of rotatable bonds is 5. The van der Waals surface area contributed by atoms with Gasteiger partial charge in [0.05, 0.1) is 5.69 Å². The first kappa shape index (κ1) is 21.4. The molecule has 0 aliphatic carbocycles. The summed E-state index contributed by atoms with van der Waals surface area (Å²) in [4.78, 5) is 24.2. The summed E-state index contributed by atoms with van der Waals surface area (Å²) >= 11 is 0. The van der Waals surface area contributed by atoms with Gasteiger partial charge in [-0.1, -0.05) is 18.2 Å². The molecule has 0 spiro atoms. The van der Waals surface area contributed by atoms with Gasteiger partial charge in [-0.25, -0.2) is 9.97 Å². The van der Waals surface area contributed by atoms with Crippen molar-refractivity contribution in [2.24, 2.45) is 0 Å². The van der Waals surface area contributed by atoms with E-state index in [0.29, 0.717) is 31.0 Å². The molecule has 0 bridgehead atoms. The monoisotopic (exact) mass is 466 g/mol. The van der Waals surface area contributed by atoms with E-state index < -0.39 is 0 Å². The van der Waals surface area contributed by atoms with E-state index in [9.17, 15) is 4.79 Å². The van der Waals surface area contributed by atoms with E-state index in [1.54, 1.807) is 0 Å². The van der Waals surface area contributed by atoms with E-state index >= 15 is 0 Å². The van der Waals surface area contributed by atoms with Crippen molar-refractivity contribution in [1.29, 1.82) is 0 Å². The molecule has 0 saturated carbocycles. The molecule has 4 heterocycles. The van der Waals surface area contributed by atoms with Crippen molar-refractivity contribution >= 4 is 22.7 Å². The van der Waals surface area contributed by atoms with Crippen LogP contribution < -0.4 is 4.74 Å². The van der Waals surface area contributed by atoms with Gasteiger partial charge < -0.3 is 18.5 Å². The molecule has 176 valence electrons. The summed E-state index contributed by atoms with van der Waals surface area (Å²) in [6.45, 7) is 3.80. The number of amides is 1. The zero-order valence-corrected chi connectivity index (χ0v) is 19.6. The van der Waals surface area contributed by atoms with Crippen molar-refractivity contribution in [3.05, 3.63) is 95.8 Å². The number of oxazole rings is 1. The van der Waals surface area contributed by atoms with Crippen LogP contribution in [-0.2, 0) is 6.61 Å². The van der Waals surface area contributed by atoms with Crippen molar-refractivity contribution in [3.63, 3.8) is 0 Å². The molecule has 1 amide bonds. The highest BCUT2D eigenvalue weighted by Gasteiger charge is 2.27. The van der Waals surface area contributed by atoms with Gasteiger partial charge in [-0.15, -0.1) is 0 Å². The number of aryl methyl sites for hydroxylation is 1. The molecular weight excluding hydrogens is 440 g/mol. The predicted octanol–water partition coefficient (Wildman–Crippen LogP) is 5.38. The quantitative estimate of drug-likeness (QED) is 0.348. The highest BCUT2D eigenvalue weighted by molar-refractivity contribution is 5.94. The fourth-order valence-electron chi connectivity index (χ4n) is 4.65. The maximum Gasteiger partial charge on any atom is 0.253 e. The number of benzene rings is 2. The number of likely N-dealkylation sites (tertiary alicyclic amines) is 1. The number of nitrogens with zero attached hydrogens (tertiary/aromatic N) is 4. The van der Waals surface area contributed by atoms with Crippen LogP contribution in [0.3, 0.4) is 0 Å². The Labute approximate surface area is 203 Å². The third-order valence-electron chi connectivity index (χ3n) is 6.58. The maximum absolute atomic E-state index is 13.0. The van der Waals surface area contributed by atoms with Crippen molar-refractivity contribution < 1.29 is 13.9 Å². The molecule has 0 atom stereocenters. The Hall–Kier alpha value is -4.13. The molecule has 1 aliphatic rings. The fraction of sp³-hybridized carbons (Fsp3) is 0.250. The largest absolute Gasteiger partial charge is 0.487 e. The van der Waals surface area contributed by atoms with Gasteiger partial charge >= 0.3 is 0 Å². The maximum atomic E-state index is 13.0. The Morgan fingerprint density at radius 3 is 2.60 bits per heavy atom. The van der Waals surface area contributed by atoms with Crippen LogP contribution in [-0.4, -0.2) is 38.3 Å². The predicted molar refractivity (Wildman–Crippen MR) is 133 cm³/mol. The van der Waals surface area contributed by atoms with Gasteiger partial charge in [-0.05, 0) is 67.8 Å². The van der Waals surface area contributed by atoms with E-state index in [-0.39, 0.29) is 11.8 Å². The summed E-state index contributed by atoms with van der Waals surface area (Å²) in [6.07, 6.45) is 5.71. The summed E-state index contributed by atoms with van der Waals surface area (Å²) in [5.41, 5.74) is 5.31. The topological polar surface area (TPSA) is 72.9 Å². The number of imidazole rings is 1. The SMILES string of the molecule is Cc1ccc2nc(COc3ccc(C(=O)N4CCC(c5nc6ccccc6o5)CC4)cc3)cn2c1. The first-order chi connectivity index (χ1) is 17.1. The lowest BCUT2D eigenvalue weighted by Gasteiger charge is -2.30. The summed E-state index contributed by atoms with van der Waals surface area (Å²) in [5.74, 6) is 1.78. The molecule has 35 heavy (non-hydrogen) atoms. The minimum Gasteiger partial charge on any atom is -0.487 e. The highest BCUT2D eigenvalue weighted by Crippen LogP contribution is 2.30. The first-order valence-electron chi connectivity index (χ1n) is 11.9. The van der Waals surface area contributed by atoms with Crippen LogP contribution in [0.2, 0.25) is 0 Å². The first-order valence-corrected chi connectivity index (χ1v) is 11.9. The number of aromatic nitrogens is 3. The van der Waals surface area contributed by atoms with E-state index in [0.717, 1.165) is 41.2 Å². The molecule has 0 N–H and O–H groups in total. The number of fused-ring (bicyclic) bond motifs is 2. The number of hydrogen-bond donors (Lipinski definition) is 0. The lowest BCUT2D eigenvalue weighted by molar-refractivity contribution is 0.0706. The molecule has 0 unspecified atom stereocenters. The number of ether oxygens (including phenoxy) is 1. The van der Waals surface area contributed by atoms with Crippen molar-refractivity contribution in [2.75, 3.05) is 13.1 Å². The standard InChI is InChI=1S/C28H26N4O3/c1-19-6-11-26-29-22(17-32(26)16-19)18-34-23-9-7-21(8-10-23)28(33)31-14-12-20(13-15-31)27-30-24-4-2-3-5-25(24)35-27/h2-11,16-17,20H,12-15,18H2,1H3.